The second-order valence-electron chi connectivity index (χ2n) is 4.60. The molecule has 0 aliphatic heterocycles. The van der Waals surface area contributed by atoms with E-state index in [9.17, 15) is 4.79 Å². The molecule has 0 unspecified atom stereocenters. The summed E-state index contributed by atoms with van der Waals surface area (Å²) in [6.07, 6.45) is 0. The van der Waals surface area contributed by atoms with Crippen molar-refractivity contribution in [1.82, 2.24) is 5.32 Å². The first-order valence-corrected chi connectivity index (χ1v) is 6.40. The number of rotatable bonds is 4. The molecule has 2 rings (SSSR count). The van der Waals surface area contributed by atoms with E-state index in [-0.39, 0.29) is 34.3 Å². The predicted molar refractivity (Wildman–Crippen MR) is 97.8 cm³/mol. The van der Waals surface area contributed by atoms with Gasteiger partial charge in [-0.15, -0.1) is 0 Å². The Morgan fingerprint density at radius 2 is 1.64 bits per heavy atom. The molecule has 22 heavy (non-hydrogen) atoms. The van der Waals surface area contributed by atoms with Crippen LogP contribution in [-0.4, -0.2) is 23.1 Å². The van der Waals surface area contributed by atoms with E-state index < -0.39 is 7.12 Å². The lowest BCUT2D eigenvalue weighted by Gasteiger charge is -2.14. The second kappa shape index (κ2) is 9.30. The summed E-state index contributed by atoms with van der Waals surface area (Å²) in [7, 11) is -1.52. The number of carbonyl (C=O) groups is 1. The van der Waals surface area contributed by atoms with Crippen LogP contribution in [0.3, 0.4) is 0 Å². The third-order valence-corrected chi connectivity index (χ3v) is 3.12. The van der Waals surface area contributed by atoms with Crippen molar-refractivity contribution in [2.45, 2.75) is 20.4 Å². The predicted octanol–water partition coefficient (Wildman–Crippen LogP) is 1.85. The van der Waals surface area contributed by atoms with Gasteiger partial charge >= 0.3 is 7.12 Å². The maximum atomic E-state index is 12.1. The molecule has 0 saturated carbocycles. The van der Waals surface area contributed by atoms with E-state index in [1.807, 2.05) is 37.3 Å². The normalized spacial score (nSPS) is 10.7. The van der Waals surface area contributed by atoms with E-state index >= 15 is 0 Å². The largest absolute Gasteiger partial charge is 0.488 e. The molecule has 120 valence electrons. The van der Waals surface area contributed by atoms with Crippen LogP contribution in [0.1, 0.15) is 37.7 Å². The lowest BCUT2D eigenvalue weighted by Crippen LogP contribution is -2.31. The number of hydrogen-bond acceptors (Lipinski definition) is 3. The molecular formula is C16H24BNO3S. The minimum atomic E-state index is -1.52. The van der Waals surface area contributed by atoms with E-state index in [1.165, 1.54) is 12.1 Å². The Labute approximate surface area is 140 Å². The van der Waals surface area contributed by atoms with Crippen molar-refractivity contribution < 1.29 is 16.3 Å². The lowest BCUT2D eigenvalue weighted by molar-refractivity contribution is 0.0940. The van der Waals surface area contributed by atoms with Crippen LogP contribution in [0.5, 0.6) is 0 Å². The minimum absolute atomic E-state index is 0. The summed E-state index contributed by atoms with van der Waals surface area (Å²) in [4.78, 5) is 12.1. The standard InChI is InChI=1S/C15H16BNO3.CH4.H2S.H2/c1-11(12-5-3-2-4-6-12)17-15(18)13-7-9-14(10-8-13)16(19)20;;;/h2-11,19-20H,1H3,(H,17,18);1H4;1H2;1H/t11-;;;/m0.../s1. The zero-order valence-electron chi connectivity index (χ0n) is 11.7. The molecule has 0 spiro atoms. The molecule has 3 N–H and O–H groups in total. The SMILES string of the molecule is C.C[C@H](NC(=O)c1ccc(B(O)O)cc1)c1ccccc1.S.[HH]. The fourth-order valence-electron chi connectivity index (χ4n) is 1.91. The molecule has 1 amide bonds. The molecule has 2 aromatic rings. The zero-order valence-corrected chi connectivity index (χ0v) is 12.7. The number of benzene rings is 2. The van der Waals surface area contributed by atoms with Gasteiger partial charge in [0, 0.05) is 6.99 Å². The van der Waals surface area contributed by atoms with Gasteiger partial charge in [-0.3, -0.25) is 4.79 Å². The smallest absolute Gasteiger partial charge is 0.423 e. The van der Waals surface area contributed by atoms with Gasteiger partial charge in [-0.2, -0.15) is 13.5 Å². The molecular weight excluding hydrogens is 297 g/mol. The third-order valence-electron chi connectivity index (χ3n) is 3.12. The van der Waals surface area contributed by atoms with Gasteiger partial charge in [0.15, 0.2) is 0 Å². The Balaban J connectivity index is 0. The van der Waals surface area contributed by atoms with Crippen LogP contribution >= 0.6 is 13.5 Å². The van der Waals surface area contributed by atoms with Crippen LogP contribution in [-0.2, 0) is 0 Å². The first kappa shape index (κ1) is 20.2. The zero-order chi connectivity index (χ0) is 14.5. The van der Waals surface area contributed by atoms with Gasteiger partial charge in [-0.1, -0.05) is 49.9 Å². The van der Waals surface area contributed by atoms with Crippen molar-refractivity contribution in [2.24, 2.45) is 0 Å². The minimum Gasteiger partial charge on any atom is -0.423 e. The Bertz CT molecular complexity index is 582. The van der Waals surface area contributed by atoms with Crippen molar-refractivity contribution in [2.75, 3.05) is 0 Å². The fraction of sp³-hybridized carbons (Fsp3) is 0.188. The number of hydrogen-bond donors (Lipinski definition) is 3. The molecule has 6 heteroatoms. The van der Waals surface area contributed by atoms with E-state index in [1.54, 1.807) is 12.1 Å². The van der Waals surface area contributed by atoms with Crippen molar-refractivity contribution in [1.29, 1.82) is 0 Å². The topological polar surface area (TPSA) is 69.6 Å². The Kier molecular flexibility index (Phi) is 8.56. The van der Waals surface area contributed by atoms with Crippen LogP contribution in [0.4, 0.5) is 0 Å². The van der Waals surface area contributed by atoms with E-state index in [4.69, 9.17) is 10.0 Å². The van der Waals surface area contributed by atoms with Crippen molar-refractivity contribution in [3.8, 4) is 0 Å². The quantitative estimate of drug-likeness (QED) is 0.753. The summed E-state index contributed by atoms with van der Waals surface area (Å²) in [5, 5.41) is 20.9. The molecule has 0 heterocycles. The molecule has 1 atom stereocenters. The summed E-state index contributed by atoms with van der Waals surface area (Å²) in [5.74, 6) is -0.194. The van der Waals surface area contributed by atoms with E-state index in [2.05, 4.69) is 5.32 Å². The summed E-state index contributed by atoms with van der Waals surface area (Å²) in [6.45, 7) is 1.92. The Morgan fingerprint density at radius 1 is 1.09 bits per heavy atom. The van der Waals surface area contributed by atoms with Gasteiger partial charge in [0.25, 0.3) is 5.91 Å². The average Bonchev–Trinajstić information content (AvgIpc) is 2.48. The number of carbonyl (C=O) groups excluding carboxylic acids is 1. The lowest BCUT2D eigenvalue weighted by atomic mass is 9.80. The molecule has 2 aromatic carbocycles. The van der Waals surface area contributed by atoms with Crippen LogP contribution in [0.15, 0.2) is 54.6 Å². The van der Waals surface area contributed by atoms with Gasteiger partial charge in [0.1, 0.15) is 0 Å². The number of amides is 1. The molecule has 0 fully saturated rings. The Morgan fingerprint density at radius 3 is 2.14 bits per heavy atom. The summed E-state index contributed by atoms with van der Waals surface area (Å²) in [6, 6.07) is 15.8. The van der Waals surface area contributed by atoms with Crippen LogP contribution < -0.4 is 10.8 Å². The van der Waals surface area contributed by atoms with Crippen molar-refractivity contribution in [3.05, 3.63) is 65.7 Å². The highest BCUT2D eigenvalue weighted by molar-refractivity contribution is 7.59. The third kappa shape index (κ3) is 5.22. The van der Waals surface area contributed by atoms with Crippen molar-refractivity contribution >= 4 is 32.0 Å². The number of nitrogens with one attached hydrogen (secondary N) is 1. The average molecular weight is 321 g/mol. The monoisotopic (exact) mass is 321 g/mol. The summed E-state index contributed by atoms with van der Waals surface area (Å²) in [5.41, 5.74) is 1.87. The molecule has 0 aliphatic rings. The van der Waals surface area contributed by atoms with Crippen LogP contribution in [0, 0.1) is 0 Å². The maximum Gasteiger partial charge on any atom is 0.488 e. The molecule has 4 nitrogen and oxygen atoms in total. The van der Waals surface area contributed by atoms with Crippen LogP contribution in [0.25, 0.3) is 0 Å². The van der Waals surface area contributed by atoms with E-state index in [0.717, 1.165) is 5.56 Å². The molecule has 0 aromatic heterocycles. The van der Waals surface area contributed by atoms with Crippen LogP contribution in [0.2, 0.25) is 0 Å². The molecule has 0 aliphatic carbocycles. The highest BCUT2D eigenvalue weighted by atomic mass is 32.1. The highest BCUT2D eigenvalue weighted by Crippen LogP contribution is 2.12. The van der Waals surface area contributed by atoms with Gasteiger partial charge in [0.2, 0.25) is 0 Å². The first-order chi connectivity index (χ1) is 9.58. The first-order valence-electron chi connectivity index (χ1n) is 6.40. The van der Waals surface area contributed by atoms with Gasteiger partial charge < -0.3 is 15.4 Å². The fourth-order valence-corrected chi connectivity index (χ4v) is 1.91. The van der Waals surface area contributed by atoms with Gasteiger partial charge in [0.05, 0.1) is 6.04 Å². The van der Waals surface area contributed by atoms with Crippen molar-refractivity contribution in [3.63, 3.8) is 0 Å². The second-order valence-corrected chi connectivity index (χ2v) is 4.60. The molecule has 0 bridgehead atoms. The highest BCUT2D eigenvalue weighted by Gasteiger charge is 2.14. The molecule has 0 saturated heterocycles. The van der Waals surface area contributed by atoms with E-state index in [0.29, 0.717) is 11.0 Å². The molecule has 0 radical (unpaired) electrons. The Hall–Kier alpha value is -1.76. The summed E-state index contributed by atoms with van der Waals surface area (Å²) >= 11 is 0. The summed E-state index contributed by atoms with van der Waals surface area (Å²) < 4.78 is 0. The maximum absolute atomic E-state index is 12.1. The van der Waals surface area contributed by atoms with Gasteiger partial charge in [-0.25, -0.2) is 0 Å². The van der Waals surface area contributed by atoms with Gasteiger partial charge in [-0.05, 0) is 30.1 Å².